The van der Waals surface area contributed by atoms with Crippen molar-refractivity contribution in [1.82, 2.24) is 5.32 Å². The van der Waals surface area contributed by atoms with E-state index in [0.717, 1.165) is 16.9 Å². The Bertz CT molecular complexity index is 652. The molecule has 0 spiro atoms. The Morgan fingerprint density at radius 2 is 1.95 bits per heavy atom. The van der Waals surface area contributed by atoms with E-state index >= 15 is 0 Å². The van der Waals surface area contributed by atoms with Crippen LogP contribution in [0.5, 0.6) is 11.5 Å². The number of carbonyl (C=O) groups excluding carboxylic acids is 1. The number of ether oxygens (including phenoxy) is 1. The summed E-state index contributed by atoms with van der Waals surface area (Å²) in [6, 6.07) is 12.1. The molecule has 0 heterocycles. The summed E-state index contributed by atoms with van der Waals surface area (Å²) in [6.45, 7) is 3.87. The van der Waals surface area contributed by atoms with Crippen LogP contribution in [0.2, 0.25) is 0 Å². The van der Waals surface area contributed by atoms with Crippen LogP contribution in [0.25, 0.3) is 0 Å². The average Bonchev–Trinajstić information content (AvgIpc) is 2.47. The van der Waals surface area contributed by atoms with Gasteiger partial charge in [-0.15, -0.1) is 0 Å². The summed E-state index contributed by atoms with van der Waals surface area (Å²) in [4.78, 5) is 12.2. The Hall–Kier alpha value is -2.49. The van der Waals surface area contributed by atoms with Gasteiger partial charge < -0.3 is 15.2 Å². The Kier molecular flexibility index (Phi) is 4.48. The molecular formula is C17H19NO3. The number of amides is 1. The highest BCUT2D eigenvalue weighted by molar-refractivity contribution is 5.97. The molecule has 0 bridgehead atoms. The lowest BCUT2D eigenvalue weighted by molar-refractivity contribution is 0.0937. The number of carbonyl (C=O) groups is 1. The van der Waals surface area contributed by atoms with Gasteiger partial charge in [0.15, 0.2) is 0 Å². The van der Waals surface area contributed by atoms with Crippen molar-refractivity contribution in [3.05, 3.63) is 59.2 Å². The van der Waals surface area contributed by atoms with Gasteiger partial charge >= 0.3 is 0 Å². The molecule has 0 fully saturated rings. The minimum atomic E-state index is -0.316. The topological polar surface area (TPSA) is 58.6 Å². The molecule has 2 N–H and O–H groups in total. The van der Waals surface area contributed by atoms with Crippen molar-refractivity contribution in [2.24, 2.45) is 0 Å². The molecule has 2 aromatic rings. The molecule has 0 aliphatic carbocycles. The summed E-state index contributed by atoms with van der Waals surface area (Å²) < 4.78 is 5.33. The van der Waals surface area contributed by atoms with Crippen molar-refractivity contribution in [3.8, 4) is 11.5 Å². The SMILES string of the molecule is COc1ccc(C)cc1[C@H](C)NC(=O)c1ccccc1O. The maximum absolute atomic E-state index is 12.2. The zero-order valence-electron chi connectivity index (χ0n) is 12.4. The number of hydrogen-bond donors (Lipinski definition) is 2. The van der Waals surface area contributed by atoms with Gasteiger partial charge in [0.2, 0.25) is 0 Å². The van der Waals surface area contributed by atoms with Crippen LogP contribution in [-0.4, -0.2) is 18.1 Å². The standard InChI is InChI=1S/C17H19NO3/c1-11-8-9-16(21-3)14(10-11)12(2)18-17(20)13-6-4-5-7-15(13)19/h4-10,12,19H,1-3H3,(H,18,20)/t12-/m0/s1. The average molecular weight is 285 g/mol. The third kappa shape index (κ3) is 3.34. The number of rotatable bonds is 4. The Labute approximate surface area is 124 Å². The Morgan fingerprint density at radius 1 is 1.24 bits per heavy atom. The lowest BCUT2D eigenvalue weighted by atomic mass is 10.0. The molecule has 110 valence electrons. The second-order valence-electron chi connectivity index (χ2n) is 4.96. The van der Waals surface area contributed by atoms with Crippen molar-refractivity contribution >= 4 is 5.91 Å². The monoisotopic (exact) mass is 285 g/mol. The van der Waals surface area contributed by atoms with Gasteiger partial charge in [-0.05, 0) is 32.0 Å². The highest BCUT2D eigenvalue weighted by atomic mass is 16.5. The predicted molar refractivity (Wildman–Crippen MR) is 81.7 cm³/mol. The third-order valence-electron chi connectivity index (χ3n) is 3.35. The van der Waals surface area contributed by atoms with Crippen LogP contribution >= 0.6 is 0 Å². The van der Waals surface area contributed by atoms with Crippen molar-refractivity contribution in [3.63, 3.8) is 0 Å². The van der Waals surface area contributed by atoms with Crippen LogP contribution in [0.15, 0.2) is 42.5 Å². The smallest absolute Gasteiger partial charge is 0.255 e. The fraction of sp³-hybridized carbons (Fsp3) is 0.235. The van der Waals surface area contributed by atoms with E-state index in [0.29, 0.717) is 0 Å². The first kappa shape index (κ1) is 14.9. The number of hydrogen-bond acceptors (Lipinski definition) is 3. The Balaban J connectivity index is 2.22. The number of para-hydroxylation sites is 1. The van der Waals surface area contributed by atoms with Crippen LogP contribution in [-0.2, 0) is 0 Å². The fourth-order valence-corrected chi connectivity index (χ4v) is 2.21. The number of aryl methyl sites for hydroxylation is 1. The minimum Gasteiger partial charge on any atom is -0.507 e. The van der Waals surface area contributed by atoms with Crippen LogP contribution in [0.1, 0.15) is 34.5 Å². The van der Waals surface area contributed by atoms with E-state index in [1.165, 1.54) is 6.07 Å². The number of phenolic OH excluding ortho intramolecular Hbond substituents is 1. The second-order valence-corrected chi connectivity index (χ2v) is 4.96. The molecule has 1 amide bonds. The van der Waals surface area contributed by atoms with Gasteiger partial charge in [0.1, 0.15) is 11.5 Å². The summed E-state index contributed by atoms with van der Waals surface area (Å²) in [5, 5.41) is 12.6. The van der Waals surface area contributed by atoms with Crippen molar-refractivity contribution in [2.75, 3.05) is 7.11 Å². The molecule has 21 heavy (non-hydrogen) atoms. The maximum Gasteiger partial charge on any atom is 0.255 e. The molecule has 0 saturated heterocycles. The van der Waals surface area contributed by atoms with Crippen LogP contribution < -0.4 is 10.1 Å². The third-order valence-corrected chi connectivity index (χ3v) is 3.35. The summed E-state index contributed by atoms with van der Waals surface area (Å²) in [7, 11) is 1.60. The molecular weight excluding hydrogens is 266 g/mol. The first-order valence-electron chi connectivity index (χ1n) is 6.76. The molecule has 0 unspecified atom stereocenters. The molecule has 0 saturated carbocycles. The first-order chi connectivity index (χ1) is 10.0. The van der Waals surface area contributed by atoms with E-state index in [9.17, 15) is 9.90 Å². The predicted octanol–water partition coefficient (Wildman–Crippen LogP) is 3.20. The van der Waals surface area contributed by atoms with Crippen molar-refractivity contribution in [2.45, 2.75) is 19.9 Å². The van der Waals surface area contributed by atoms with Gasteiger partial charge in [-0.25, -0.2) is 0 Å². The van der Waals surface area contributed by atoms with Crippen LogP contribution in [0.4, 0.5) is 0 Å². The molecule has 1 atom stereocenters. The molecule has 0 aliphatic heterocycles. The minimum absolute atomic E-state index is 0.0293. The van der Waals surface area contributed by atoms with Gasteiger partial charge in [0.05, 0.1) is 18.7 Å². The molecule has 4 heteroatoms. The van der Waals surface area contributed by atoms with E-state index in [2.05, 4.69) is 5.32 Å². The number of benzene rings is 2. The van der Waals surface area contributed by atoms with Gasteiger partial charge in [-0.1, -0.05) is 29.8 Å². The molecule has 0 aliphatic rings. The van der Waals surface area contributed by atoms with Gasteiger partial charge in [-0.2, -0.15) is 0 Å². The lowest BCUT2D eigenvalue weighted by Crippen LogP contribution is -2.27. The van der Waals surface area contributed by atoms with Crippen LogP contribution in [0.3, 0.4) is 0 Å². The second kappa shape index (κ2) is 6.31. The van der Waals surface area contributed by atoms with Crippen LogP contribution in [0, 0.1) is 6.92 Å². The fourth-order valence-electron chi connectivity index (χ4n) is 2.21. The molecule has 0 radical (unpaired) electrons. The normalized spacial score (nSPS) is 11.8. The highest BCUT2D eigenvalue weighted by Gasteiger charge is 2.17. The molecule has 2 rings (SSSR count). The summed E-state index contributed by atoms with van der Waals surface area (Å²) in [5.74, 6) is 0.383. The quantitative estimate of drug-likeness (QED) is 0.907. The highest BCUT2D eigenvalue weighted by Crippen LogP contribution is 2.26. The van der Waals surface area contributed by atoms with E-state index in [4.69, 9.17) is 4.74 Å². The first-order valence-corrected chi connectivity index (χ1v) is 6.76. The summed E-state index contributed by atoms with van der Waals surface area (Å²) >= 11 is 0. The number of nitrogens with one attached hydrogen (secondary N) is 1. The number of aromatic hydroxyl groups is 1. The van der Waals surface area contributed by atoms with Gasteiger partial charge in [-0.3, -0.25) is 4.79 Å². The summed E-state index contributed by atoms with van der Waals surface area (Å²) in [5.41, 5.74) is 2.26. The zero-order chi connectivity index (χ0) is 15.4. The molecule has 4 nitrogen and oxygen atoms in total. The van der Waals surface area contributed by atoms with Gasteiger partial charge in [0.25, 0.3) is 5.91 Å². The molecule has 0 aromatic heterocycles. The largest absolute Gasteiger partial charge is 0.507 e. The Morgan fingerprint density at radius 3 is 2.62 bits per heavy atom. The van der Waals surface area contributed by atoms with Crippen molar-refractivity contribution < 1.29 is 14.6 Å². The van der Waals surface area contributed by atoms with Gasteiger partial charge in [0, 0.05) is 5.56 Å². The number of methoxy groups -OCH3 is 1. The van der Waals surface area contributed by atoms with E-state index < -0.39 is 0 Å². The van der Waals surface area contributed by atoms with Crippen molar-refractivity contribution in [1.29, 1.82) is 0 Å². The zero-order valence-corrected chi connectivity index (χ0v) is 12.4. The summed E-state index contributed by atoms with van der Waals surface area (Å²) in [6.07, 6.45) is 0. The lowest BCUT2D eigenvalue weighted by Gasteiger charge is -2.18. The molecule has 2 aromatic carbocycles. The maximum atomic E-state index is 12.2. The van der Waals surface area contributed by atoms with E-state index in [1.807, 2.05) is 32.0 Å². The van der Waals surface area contributed by atoms with E-state index in [-0.39, 0.29) is 23.3 Å². The van der Waals surface area contributed by atoms with E-state index in [1.54, 1.807) is 25.3 Å². The number of phenols is 1.